The number of aliphatic carboxylic acids is 1. The van der Waals surface area contributed by atoms with E-state index in [1.165, 1.54) is 0 Å². The fourth-order valence-electron chi connectivity index (χ4n) is 0.548. The third-order valence-corrected chi connectivity index (χ3v) is 1.88. The zero-order chi connectivity index (χ0) is 8.85. The van der Waals surface area contributed by atoms with Crippen molar-refractivity contribution in [1.29, 1.82) is 0 Å². The van der Waals surface area contributed by atoms with Crippen LogP contribution in [0, 0.1) is 0 Å². The van der Waals surface area contributed by atoms with Crippen LogP contribution in [0.25, 0.3) is 0 Å². The van der Waals surface area contributed by atoms with E-state index in [9.17, 15) is 9.59 Å². The van der Waals surface area contributed by atoms with Crippen LogP contribution in [0.15, 0.2) is 0 Å². The first-order valence-electron chi connectivity index (χ1n) is 3.13. The van der Waals surface area contributed by atoms with Gasteiger partial charge in [0.25, 0.3) is 0 Å². The Hall–Kier alpha value is -0.550. The monoisotopic (exact) mass is 177 g/mol. The van der Waals surface area contributed by atoms with Crippen LogP contribution in [-0.2, 0) is 9.59 Å². The van der Waals surface area contributed by atoms with Gasteiger partial charge in [-0.15, -0.1) is 0 Å². The second kappa shape index (κ2) is 5.15. The Morgan fingerprint density at radius 2 is 2.18 bits per heavy atom. The number of carboxylic acid groups (broad SMARTS) is 1. The van der Waals surface area contributed by atoms with E-state index in [0.29, 0.717) is 0 Å². The van der Waals surface area contributed by atoms with Gasteiger partial charge in [-0.1, -0.05) is 11.8 Å². The Balaban J connectivity index is 3.60. The summed E-state index contributed by atoms with van der Waals surface area (Å²) in [5.41, 5.74) is 5.34. The number of rotatable bonds is 4. The Bertz CT molecular complexity index is 160. The zero-order valence-corrected chi connectivity index (χ0v) is 7.06. The Morgan fingerprint density at radius 1 is 1.64 bits per heavy atom. The van der Waals surface area contributed by atoms with Gasteiger partial charge in [0.15, 0.2) is 0 Å². The van der Waals surface area contributed by atoms with Crippen molar-refractivity contribution in [2.45, 2.75) is 18.9 Å². The SMILES string of the molecule is CSC(=O)C(N)CCC(=O)O. The van der Waals surface area contributed by atoms with Gasteiger partial charge in [-0.05, 0) is 12.7 Å². The highest BCUT2D eigenvalue weighted by molar-refractivity contribution is 8.13. The minimum absolute atomic E-state index is 0.0481. The molecular formula is C6H11NO3S. The van der Waals surface area contributed by atoms with Gasteiger partial charge >= 0.3 is 5.97 Å². The Labute approximate surface area is 69.1 Å². The standard InChI is InChI=1S/C6H11NO3S/c1-11-6(10)4(7)2-3-5(8)9/h4H,2-3,7H2,1H3,(H,8,9). The van der Waals surface area contributed by atoms with E-state index in [-0.39, 0.29) is 18.0 Å². The number of carbonyl (C=O) groups excluding carboxylic acids is 1. The maximum Gasteiger partial charge on any atom is 0.303 e. The molecule has 0 aliphatic rings. The fraction of sp³-hybridized carbons (Fsp3) is 0.667. The summed E-state index contributed by atoms with van der Waals surface area (Å²) >= 11 is 1.03. The van der Waals surface area contributed by atoms with Crippen LogP contribution in [0.5, 0.6) is 0 Å². The highest BCUT2D eigenvalue weighted by Crippen LogP contribution is 2.03. The fourth-order valence-corrected chi connectivity index (χ4v) is 0.969. The molecule has 0 bridgehead atoms. The van der Waals surface area contributed by atoms with Gasteiger partial charge in [-0.25, -0.2) is 0 Å². The molecule has 11 heavy (non-hydrogen) atoms. The summed E-state index contributed by atoms with van der Waals surface area (Å²) < 4.78 is 0. The van der Waals surface area contributed by atoms with Crippen molar-refractivity contribution in [3.05, 3.63) is 0 Å². The molecule has 0 saturated carbocycles. The number of hydrogen-bond acceptors (Lipinski definition) is 4. The van der Waals surface area contributed by atoms with E-state index in [4.69, 9.17) is 10.8 Å². The molecule has 5 heteroatoms. The third kappa shape index (κ3) is 4.80. The van der Waals surface area contributed by atoms with E-state index in [2.05, 4.69) is 0 Å². The topological polar surface area (TPSA) is 80.4 Å². The number of hydrogen-bond donors (Lipinski definition) is 2. The number of carboxylic acids is 1. The minimum Gasteiger partial charge on any atom is -0.481 e. The predicted octanol–water partition coefficient (Wildman–Crippen LogP) is 0.0681. The summed E-state index contributed by atoms with van der Waals surface area (Å²) in [4.78, 5) is 20.8. The Morgan fingerprint density at radius 3 is 2.55 bits per heavy atom. The molecule has 1 atom stereocenters. The van der Waals surface area contributed by atoms with Gasteiger partial charge in [-0.3, -0.25) is 9.59 Å². The van der Waals surface area contributed by atoms with E-state index < -0.39 is 12.0 Å². The van der Waals surface area contributed by atoms with Gasteiger partial charge in [0.05, 0.1) is 6.04 Å². The molecule has 0 spiro atoms. The van der Waals surface area contributed by atoms with Crippen molar-refractivity contribution in [2.24, 2.45) is 5.73 Å². The molecule has 0 saturated heterocycles. The molecule has 0 aromatic carbocycles. The largest absolute Gasteiger partial charge is 0.481 e. The average molecular weight is 177 g/mol. The van der Waals surface area contributed by atoms with Crippen molar-refractivity contribution in [3.8, 4) is 0 Å². The van der Waals surface area contributed by atoms with Gasteiger partial charge in [0.1, 0.15) is 0 Å². The van der Waals surface area contributed by atoms with Crippen molar-refractivity contribution in [1.82, 2.24) is 0 Å². The molecule has 0 radical (unpaired) electrons. The summed E-state index contributed by atoms with van der Waals surface area (Å²) in [6, 6.07) is -0.638. The van der Waals surface area contributed by atoms with Crippen LogP contribution in [0.4, 0.5) is 0 Å². The maximum absolute atomic E-state index is 10.8. The highest BCUT2D eigenvalue weighted by Gasteiger charge is 2.12. The van der Waals surface area contributed by atoms with Crippen molar-refractivity contribution in [2.75, 3.05) is 6.26 Å². The van der Waals surface area contributed by atoms with Crippen molar-refractivity contribution >= 4 is 22.8 Å². The molecule has 0 aromatic heterocycles. The third-order valence-electron chi connectivity index (χ3n) is 1.17. The van der Waals surface area contributed by atoms with Crippen LogP contribution in [0.2, 0.25) is 0 Å². The maximum atomic E-state index is 10.8. The van der Waals surface area contributed by atoms with Crippen molar-refractivity contribution < 1.29 is 14.7 Å². The molecule has 64 valence electrons. The Kier molecular flexibility index (Phi) is 4.89. The molecular weight excluding hydrogens is 166 g/mol. The minimum atomic E-state index is -0.922. The van der Waals surface area contributed by atoms with Gasteiger partial charge in [0, 0.05) is 6.42 Å². The first-order valence-corrected chi connectivity index (χ1v) is 4.35. The molecule has 0 aliphatic heterocycles. The molecule has 0 fully saturated rings. The molecule has 0 amide bonds. The van der Waals surface area contributed by atoms with Crippen LogP contribution >= 0.6 is 11.8 Å². The second-order valence-electron chi connectivity index (χ2n) is 2.06. The summed E-state index contributed by atoms with van der Waals surface area (Å²) in [6.07, 6.45) is 1.80. The lowest BCUT2D eigenvalue weighted by molar-refractivity contribution is -0.137. The second-order valence-corrected chi connectivity index (χ2v) is 2.87. The highest BCUT2D eigenvalue weighted by atomic mass is 32.2. The number of nitrogens with two attached hydrogens (primary N) is 1. The summed E-state index contributed by atoms with van der Waals surface area (Å²) in [5.74, 6) is -0.922. The van der Waals surface area contributed by atoms with E-state index in [1.54, 1.807) is 6.26 Å². The van der Waals surface area contributed by atoms with Crippen LogP contribution in [0.3, 0.4) is 0 Å². The predicted molar refractivity (Wildman–Crippen MR) is 43.4 cm³/mol. The van der Waals surface area contributed by atoms with Crippen LogP contribution in [0.1, 0.15) is 12.8 Å². The molecule has 0 aliphatic carbocycles. The van der Waals surface area contributed by atoms with Gasteiger partial charge in [0.2, 0.25) is 5.12 Å². The van der Waals surface area contributed by atoms with E-state index in [1.807, 2.05) is 0 Å². The lowest BCUT2D eigenvalue weighted by atomic mass is 10.2. The van der Waals surface area contributed by atoms with Crippen LogP contribution < -0.4 is 5.73 Å². The molecule has 0 aromatic rings. The summed E-state index contributed by atoms with van der Waals surface area (Å²) in [7, 11) is 0. The van der Waals surface area contributed by atoms with Gasteiger partial charge < -0.3 is 10.8 Å². The zero-order valence-electron chi connectivity index (χ0n) is 6.24. The molecule has 0 heterocycles. The van der Waals surface area contributed by atoms with E-state index >= 15 is 0 Å². The number of carbonyl (C=O) groups is 2. The van der Waals surface area contributed by atoms with Gasteiger partial charge in [-0.2, -0.15) is 0 Å². The first-order chi connectivity index (χ1) is 5.07. The molecule has 1 unspecified atom stereocenters. The van der Waals surface area contributed by atoms with E-state index in [0.717, 1.165) is 11.8 Å². The van der Waals surface area contributed by atoms with Crippen molar-refractivity contribution in [3.63, 3.8) is 0 Å². The normalized spacial score (nSPS) is 12.5. The molecule has 3 N–H and O–H groups in total. The van der Waals surface area contributed by atoms with Crippen LogP contribution in [-0.4, -0.2) is 28.5 Å². The lowest BCUT2D eigenvalue weighted by Gasteiger charge is -2.05. The summed E-state index contributed by atoms with van der Waals surface area (Å²) in [5, 5.41) is 8.08. The summed E-state index contributed by atoms with van der Waals surface area (Å²) in [6.45, 7) is 0. The smallest absolute Gasteiger partial charge is 0.303 e. The first kappa shape index (κ1) is 10.4. The average Bonchev–Trinajstić information content (AvgIpc) is 1.98. The lowest BCUT2D eigenvalue weighted by Crippen LogP contribution is -2.28. The molecule has 4 nitrogen and oxygen atoms in total. The quantitative estimate of drug-likeness (QED) is 0.635. The molecule has 0 rings (SSSR count). The number of thioether (sulfide) groups is 1.